The van der Waals surface area contributed by atoms with Crippen LogP contribution in [-0.4, -0.2) is 30.3 Å². The first-order valence-electron chi connectivity index (χ1n) is 5.99. The molecule has 3 nitrogen and oxygen atoms in total. The Labute approximate surface area is 96.7 Å². The van der Waals surface area contributed by atoms with E-state index in [9.17, 15) is 9.18 Å². The van der Waals surface area contributed by atoms with E-state index >= 15 is 0 Å². The lowest BCUT2D eigenvalue weighted by atomic mass is 9.96. The molecule has 1 fully saturated rings. The summed E-state index contributed by atoms with van der Waals surface area (Å²) in [6.45, 7) is 8.33. The van der Waals surface area contributed by atoms with Crippen LogP contribution in [0, 0.1) is 5.92 Å². The summed E-state index contributed by atoms with van der Waals surface area (Å²) < 4.78 is 19.2. The highest BCUT2D eigenvalue weighted by molar-refractivity contribution is 5.83. The molecule has 4 heteroatoms. The standard InChI is InChI=1S/C12H22FNO2/c1-5-8-9(14-11(15)10(8)13)7-16-12(3,4)6-2/h8-10H,5-7H2,1-4H3,(H,14,15)/t8-,9+,10-/m0/s1. The van der Waals surface area contributed by atoms with Crippen LogP contribution in [0.4, 0.5) is 4.39 Å². The molecule has 0 aromatic carbocycles. The molecule has 3 atom stereocenters. The van der Waals surface area contributed by atoms with Gasteiger partial charge in [0.1, 0.15) is 0 Å². The van der Waals surface area contributed by atoms with Gasteiger partial charge in [0, 0.05) is 5.92 Å². The van der Waals surface area contributed by atoms with Gasteiger partial charge in [0.15, 0.2) is 6.17 Å². The number of carbonyl (C=O) groups is 1. The lowest BCUT2D eigenvalue weighted by Crippen LogP contribution is -2.37. The number of amides is 1. The molecule has 1 amide bonds. The fourth-order valence-electron chi connectivity index (χ4n) is 1.84. The van der Waals surface area contributed by atoms with Gasteiger partial charge < -0.3 is 10.1 Å². The molecule has 1 aliphatic rings. The molecule has 0 bridgehead atoms. The maximum atomic E-state index is 13.5. The highest BCUT2D eigenvalue weighted by Crippen LogP contribution is 2.25. The summed E-state index contributed by atoms with van der Waals surface area (Å²) in [6.07, 6.45) is 0.174. The van der Waals surface area contributed by atoms with Crippen LogP contribution in [-0.2, 0) is 9.53 Å². The van der Waals surface area contributed by atoms with Gasteiger partial charge in [0.25, 0.3) is 5.91 Å². The van der Waals surface area contributed by atoms with E-state index < -0.39 is 12.1 Å². The Morgan fingerprint density at radius 2 is 2.06 bits per heavy atom. The van der Waals surface area contributed by atoms with E-state index in [1.54, 1.807) is 0 Å². The van der Waals surface area contributed by atoms with Crippen LogP contribution in [0.3, 0.4) is 0 Å². The predicted molar refractivity (Wildman–Crippen MR) is 60.9 cm³/mol. The molecular weight excluding hydrogens is 209 g/mol. The third-order valence-electron chi connectivity index (χ3n) is 3.45. The van der Waals surface area contributed by atoms with Crippen molar-refractivity contribution in [3.05, 3.63) is 0 Å². The molecule has 0 aliphatic carbocycles. The van der Waals surface area contributed by atoms with Gasteiger partial charge >= 0.3 is 0 Å². The third kappa shape index (κ3) is 2.94. The second-order valence-electron chi connectivity index (χ2n) is 5.01. The van der Waals surface area contributed by atoms with Crippen molar-refractivity contribution in [3.8, 4) is 0 Å². The normalized spacial score (nSPS) is 30.6. The number of ether oxygens (including phenoxy) is 1. The Morgan fingerprint density at radius 3 is 2.56 bits per heavy atom. The lowest BCUT2D eigenvalue weighted by molar-refractivity contribution is -0.124. The Hall–Kier alpha value is -0.640. The van der Waals surface area contributed by atoms with Crippen LogP contribution in [0.15, 0.2) is 0 Å². The maximum absolute atomic E-state index is 13.5. The largest absolute Gasteiger partial charge is 0.373 e. The van der Waals surface area contributed by atoms with Crippen LogP contribution in [0.1, 0.15) is 40.5 Å². The van der Waals surface area contributed by atoms with Crippen molar-refractivity contribution < 1.29 is 13.9 Å². The van der Waals surface area contributed by atoms with Crippen molar-refractivity contribution in [2.24, 2.45) is 5.92 Å². The zero-order chi connectivity index (χ0) is 12.3. The molecule has 0 radical (unpaired) electrons. The molecule has 0 unspecified atom stereocenters. The van der Waals surface area contributed by atoms with E-state index in [1.165, 1.54) is 0 Å². The Bertz CT molecular complexity index is 255. The number of hydrogen-bond acceptors (Lipinski definition) is 2. The van der Waals surface area contributed by atoms with Gasteiger partial charge in [-0.3, -0.25) is 4.79 Å². The molecule has 1 N–H and O–H groups in total. The first kappa shape index (κ1) is 13.4. The van der Waals surface area contributed by atoms with E-state index in [2.05, 4.69) is 5.32 Å². The summed E-state index contributed by atoms with van der Waals surface area (Å²) >= 11 is 0. The number of rotatable bonds is 5. The number of nitrogens with one attached hydrogen (secondary N) is 1. The van der Waals surface area contributed by atoms with Crippen molar-refractivity contribution in [2.75, 3.05) is 6.61 Å². The first-order valence-corrected chi connectivity index (χ1v) is 5.99. The Kier molecular flexibility index (Phi) is 4.30. The van der Waals surface area contributed by atoms with Gasteiger partial charge in [-0.1, -0.05) is 13.8 Å². The number of hydrogen-bond donors (Lipinski definition) is 1. The van der Waals surface area contributed by atoms with E-state index in [0.29, 0.717) is 13.0 Å². The Morgan fingerprint density at radius 1 is 1.44 bits per heavy atom. The molecule has 16 heavy (non-hydrogen) atoms. The molecule has 1 rings (SSSR count). The molecule has 1 saturated heterocycles. The number of halogens is 1. The quantitative estimate of drug-likeness (QED) is 0.786. The van der Waals surface area contributed by atoms with Crippen molar-refractivity contribution in [2.45, 2.75) is 58.4 Å². The van der Waals surface area contributed by atoms with Gasteiger partial charge in [-0.2, -0.15) is 0 Å². The lowest BCUT2D eigenvalue weighted by Gasteiger charge is -2.27. The SMILES string of the molecule is CC[C@@H]1[C@H](F)C(=O)N[C@@H]1COC(C)(C)CC. The third-order valence-corrected chi connectivity index (χ3v) is 3.45. The van der Waals surface area contributed by atoms with Crippen molar-refractivity contribution in [3.63, 3.8) is 0 Å². The molecule has 0 aromatic heterocycles. The van der Waals surface area contributed by atoms with Crippen molar-refractivity contribution in [1.29, 1.82) is 0 Å². The zero-order valence-corrected chi connectivity index (χ0v) is 10.5. The van der Waals surface area contributed by atoms with Crippen LogP contribution >= 0.6 is 0 Å². The average Bonchev–Trinajstić information content (AvgIpc) is 2.52. The fourth-order valence-corrected chi connectivity index (χ4v) is 1.84. The number of carbonyl (C=O) groups excluding carboxylic acids is 1. The van der Waals surface area contributed by atoms with Gasteiger partial charge in [0.2, 0.25) is 0 Å². The summed E-state index contributed by atoms with van der Waals surface area (Å²) in [5, 5.41) is 2.66. The summed E-state index contributed by atoms with van der Waals surface area (Å²) in [5.41, 5.74) is -0.211. The molecule has 0 saturated carbocycles. The van der Waals surface area contributed by atoms with Gasteiger partial charge in [0.05, 0.1) is 18.2 Å². The summed E-state index contributed by atoms with van der Waals surface area (Å²) in [7, 11) is 0. The minimum Gasteiger partial charge on any atom is -0.373 e. The maximum Gasteiger partial charge on any atom is 0.255 e. The van der Waals surface area contributed by atoms with Crippen LogP contribution in [0.25, 0.3) is 0 Å². The van der Waals surface area contributed by atoms with Gasteiger partial charge in [-0.15, -0.1) is 0 Å². The van der Waals surface area contributed by atoms with E-state index in [-0.39, 0.29) is 17.6 Å². The summed E-state index contributed by atoms with van der Waals surface area (Å²) in [4.78, 5) is 11.2. The van der Waals surface area contributed by atoms with Crippen molar-refractivity contribution in [1.82, 2.24) is 5.32 Å². The van der Waals surface area contributed by atoms with Crippen LogP contribution in [0.5, 0.6) is 0 Å². The molecule has 0 spiro atoms. The minimum absolute atomic E-state index is 0.182. The average molecular weight is 231 g/mol. The van der Waals surface area contributed by atoms with Crippen molar-refractivity contribution >= 4 is 5.91 Å². The monoisotopic (exact) mass is 231 g/mol. The predicted octanol–water partition coefficient (Wildman–Crippen LogP) is 2.05. The van der Waals surface area contributed by atoms with Gasteiger partial charge in [-0.05, 0) is 26.7 Å². The second kappa shape index (κ2) is 5.13. The molecule has 94 valence electrons. The minimum atomic E-state index is -1.37. The second-order valence-corrected chi connectivity index (χ2v) is 5.01. The summed E-state index contributed by atoms with van der Waals surface area (Å²) in [6, 6.07) is -0.182. The van der Waals surface area contributed by atoms with Gasteiger partial charge in [-0.25, -0.2) is 4.39 Å². The highest BCUT2D eigenvalue weighted by Gasteiger charge is 2.41. The molecule has 1 heterocycles. The van der Waals surface area contributed by atoms with Crippen LogP contribution < -0.4 is 5.32 Å². The van der Waals surface area contributed by atoms with E-state index in [4.69, 9.17) is 4.74 Å². The van der Waals surface area contributed by atoms with E-state index in [1.807, 2.05) is 27.7 Å². The highest BCUT2D eigenvalue weighted by atomic mass is 19.1. The zero-order valence-electron chi connectivity index (χ0n) is 10.5. The Balaban J connectivity index is 2.52. The number of alkyl halides is 1. The summed E-state index contributed by atoms with van der Waals surface area (Å²) in [5.74, 6) is -0.741. The topological polar surface area (TPSA) is 38.3 Å². The van der Waals surface area contributed by atoms with E-state index in [0.717, 1.165) is 6.42 Å². The molecular formula is C12H22FNO2. The molecule has 0 aromatic rings. The first-order chi connectivity index (χ1) is 7.41. The fraction of sp³-hybridized carbons (Fsp3) is 0.917. The smallest absolute Gasteiger partial charge is 0.255 e. The molecule has 1 aliphatic heterocycles. The van der Waals surface area contributed by atoms with Crippen LogP contribution in [0.2, 0.25) is 0 Å².